The summed E-state index contributed by atoms with van der Waals surface area (Å²) in [6, 6.07) is 13.4. The number of nitrogens with one attached hydrogen (secondary N) is 2. The lowest BCUT2D eigenvalue weighted by Gasteiger charge is -2.19. The SMILES string of the molecule is CNC(=O)c1ccc(N[C@@H](CCO)c2ccccc2)c([N+](=O)[O-])c1. The first-order valence-corrected chi connectivity index (χ1v) is 7.49. The molecule has 24 heavy (non-hydrogen) atoms. The van der Waals surface area contributed by atoms with Crippen LogP contribution in [-0.4, -0.2) is 29.6 Å². The number of aliphatic hydroxyl groups excluding tert-OH is 1. The Bertz CT molecular complexity index is 719. The van der Waals surface area contributed by atoms with Crippen molar-refractivity contribution in [3.63, 3.8) is 0 Å². The fourth-order valence-corrected chi connectivity index (χ4v) is 2.41. The first-order valence-electron chi connectivity index (χ1n) is 7.49. The normalized spacial score (nSPS) is 11.6. The Hall–Kier alpha value is -2.93. The molecule has 7 heteroatoms. The lowest BCUT2D eigenvalue weighted by molar-refractivity contribution is -0.384. The molecule has 0 aromatic heterocycles. The van der Waals surface area contributed by atoms with Crippen molar-refractivity contribution in [3.8, 4) is 0 Å². The number of aliphatic hydroxyl groups is 1. The molecule has 2 rings (SSSR count). The van der Waals surface area contributed by atoms with E-state index in [1.54, 1.807) is 0 Å². The van der Waals surface area contributed by atoms with E-state index in [-0.39, 0.29) is 29.8 Å². The van der Waals surface area contributed by atoms with Gasteiger partial charge in [0.05, 0.1) is 11.0 Å². The molecular formula is C17H19N3O4. The zero-order chi connectivity index (χ0) is 17.5. The smallest absolute Gasteiger partial charge is 0.293 e. The molecule has 0 heterocycles. The van der Waals surface area contributed by atoms with Gasteiger partial charge in [0.15, 0.2) is 0 Å². The average molecular weight is 329 g/mol. The third kappa shape index (κ3) is 4.08. The number of nitrogens with zero attached hydrogens (tertiary/aromatic N) is 1. The molecule has 0 bridgehead atoms. The van der Waals surface area contributed by atoms with Crippen molar-refractivity contribution in [1.29, 1.82) is 0 Å². The highest BCUT2D eigenvalue weighted by Crippen LogP contribution is 2.30. The summed E-state index contributed by atoms with van der Waals surface area (Å²) in [4.78, 5) is 22.5. The first-order chi connectivity index (χ1) is 11.6. The van der Waals surface area contributed by atoms with Crippen molar-refractivity contribution < 1.29 is 14.8 Å². The molecular weight excluding hydrogens is 310 g/mol. The maximum absolute atomic E-state index is 11.7. The van der Waals surface area contributed by atoms with Crippen molar-refractivity contribution in [1.82, 2.24) is 5.32 Å². The van der Waals surface area contributed by atoms with E-state index in [0.29, 0.717) is 12.1 Å². The minimum absolute atomic E-state index is 0.0588. The largest absolute Gasteiger partial charge is 0.396 e. The van der Waals surface area contributed by atoms with E-state index in [4.69, 9.17) is 0 Å². The van der Waals surface area contributed by atoms with Crippen LogP contribution in [0.15, 0.2) is 48.5 Å². The quantitative estimate of drug-likeness (QED) is 0.535. The van der Waals surface area contributed by atoms with E-state index in [0.717, 1.165) is 5.56 Å². The first kappa shape index (κ1) is 17.4. The Balaban J connectivity index is 2.35. The second-order valence-electron chi connectivity index (χ2n) is 5.19. The molecule has 0 aliphatic rings. The van der Waals surface area contributed by atoms with Crippen molar-refractivity contribution in [2.24, 2.45) is 0 Å². The van der Waals surface area contributed by atoms with E-state index >= 15 is 0 Å². The van der Waals surface area contributed by atoms with Gasteiger partial charge in [-0.1, -0.05) is 30.3 Å². The Kier molecular flexibility index (Phi) is 5.86. The van der Waals surface area contributed by atoms with Crippen LogP contribution in [0.1, 0.15) is 28.4 Å². The Morgan fingerprint density at radius 1 is 1.25 bits per heavy atom. The van der Waals surface area contributed by atoms with Crippen LogP contribution in [0.5, 0.6) is 0 Å². The van der Waals surface area contributed by atoms with Gasteiger partial charge >= 0.3 is 0 Å². The van der Waals surface area contributed by atoms with Gasteiger partial charge in [0.25, 0.3) is 11.6 Å². The second kappa shape index (κ2) is 8.07. The summed E-state index contributed by atoms with van der Waals surface area (Å²) in [5, 5.41) is 26.2. The maximum Gasteiger partial charge on any atom is 0.293 e. The van der Waals surface area contributed by atoms with Gasteiger partial charge in [-0.2, -0.15) is 0 Å². The average Bonchev–Trinajstić information content (AvgIpc) is 2.61. The number of benzene rings is 2. The highest BCUT2D eigenvalue weighted by Gasteiger charge is 2.20. The summed E-state index contributed by atoms with van der Waals surface area (Å²) >= 11 is 0. The molecule has 1 atom stereocenters. The summed E-state index contributed by atoms with van der Waals surface area (Å²) in [7, 11) is 1.47. The van der Waals surface area contributed by atoms with Gasteiger partial charge in [0.2, 0.25) is 0 Å². The van der Waals surface area contributed by atoms with Gasteiger partial charge in [0, 0.05) is 25.3 Å². The fraction of sp³-hybridized carbons (Fsp3) is 0.235. The fourth-order valence-electron chi connectivity index (χ4n) is 2.41. The highest BCUT2D eigenvalue weighted by atomic mass is 16.6. The predicted molar refractivity (Wildman–Crippen MR) is 91.0 cm³/mol. The molecule has 0 unspecified atom stereocenters. The summed E-state index contributed by atoms with van der Waals surface area (Å²) in [5.41, 5.74) is 1.24. The van der Waals surface area contributed by atoms with Crippen molar-refractivity contribution >= 4 is 17.3 Å². The number of carbonyl (C=O) groups excluding carboxylic acids is 1. The van der Waals surface area contributed by atoms with Gasteiger partial charge in [-0.05, 0) is 24.1 Å². The standard InChI is InChI=1S/C17H19N3O4/c1-18-17(22)13-7-8-15(16(11-13)20(23)24)19-14(9-10-21)12-5-3-2-4-6-12/h2-8,11,14,19,21H,9-10H2,1H3,(H,18,22)/t14-/m0/s1. The summed E-state index contributed by atoms with van der Waals surface area (Å²) in [6.45, 7) is -0.0588. The molecule has 0 radical (unpaired) electrons. The number of carbonyl (C=O) groups is 1. The zero-order valence-electron chi connectivity index (χ0n) is 13.2. The van der Waals surface area contributed by atoms with E-state index < -0.39 is 4.92 Å². The molecule has 0 fully saturated rings. The molecule has 0 saturated heterocycles. The zero-order valence-corrected chi connectivity index (χ0v) is 13.2. The minimum Gasteiger partial charge on any atom is -0.396 e. The van der Waals surface area contributed by atoms with Gasteiger partial charge in [-0.3, -0.25) is 14.9 Å². The number of amides is 1. The Morgan fingerprint density at radius 3 is 2.54 bits per heavy atom. The number of rotatable bonds is 7. The Morgan fingerprint density at radius 2 is 1.96 bits per heavy atom. The van der Waals surface area contributed by atoms with E-state index in [9.17, 15) is 20.0 Å². The molecule has 2 aromatic carbocycles. The molecule has 0 spiro atoms. The van der Waals surface area contributed by atoms with Gasteiger partial charge in [-0.25, -0.2) is 0 Å². The third-order valence-electron chi connectivity index (χ3n) is 3.63. The van der Waals surface area contributed by atoms with Crippen molar-refractivity contribution in [3.05, 3.63) is 69.8 Å². The third-order valence-corrected chi connectivity index (χ3v) is 3.63. The number of hydrogen-bond acceptors (Lipinski definition) is 5. The van der Waals surface area contributed by atoms with Crippen LogP contribution >= 0.6 is 0 Å². The van der Waals surface area contributed by atoms with Crippen LogP contribution in [-0.2, 0) is 0 Å². The van der Waals surface area contributed by atoms with Gasteiger partial charge in [0.1, 0.15) is 5.69 Å². The number of hydrogen-bond donors (Lipinski definition) is 3. The molecule has 2 aromatic rings. The molecule has 7 nitrogen and oxygen atoms in total. The lowest BCUT2D eigenvalue weighted by atomic mass is 10.0. The number of nitro benzene ring substituents is 1. The highest BCUT2D eigenvalue weighted by molar-refractivity contribution is 5.95. The molecule has 0 saturated carbocycles. The van der Waals surface area contributed by atoms with Crippen LogP contribution in [0, 0.1) is 10.1 Å². The van der Waals surface area contributed by atoms with Gasteiger partial charge in [-0.15, -0.1) is 0 Å². The summed E-state index contributed by atoms with van der Waals surface area (Å²) in [6.07, 6.45) is 0.401. The molecule has 0 aliphatic carbocycles. The summed E-state index contributed by atoms with van der Waals surface area (Å²) in [5.74, 6) is -0.389. The topological polar surface area (TPSA) is 104 Å². The van der Waals surface area contributed by atoms with E-state index in [2.05, 4.69) is 10.6 Å². The van der Waals surface area contributed by atoms with Crippen LogP contribution in [0.2, 0.25) is 0 Å². The maximum atomic E-state index is 11.7. The minimum atomic E-state index is -0.532. The van der Waals surface area contributed by atoms with E-state index in [1.807, 2.05) is 30.3 Å². The summed E-state index contributed by atoms with van der Waals surface area (Å²) < 4.78 is 0. The second-order valence-corrected chi connectivity index (χ2v) is 5.19. The lowest BCUT2D eigenvalue weighted by Crippen LogP contribution is -2.18. The van der Waals surface area contributed by atoms with Crippen LogP contribution in [0.25, 0.3) is 0 Å². The number of nitro groups is 1. The van der Waals surface area contributed by atoms with Crippen molar-refractivity contribution in [2.45, 2.75) is 12.5 Å². The Labute approximate surface area is 139 Å². The van der Waals surface area contributed by atoms with Crippen LogP contribution in [0.4, 0.5) is 11.4 Å². The predicted octanol–water partition coefficient (Wildman–Crippen LogP) is 2.49. The number of anilines is 1. The van der Waals surface area contributed by atoms with Crippen LogP contribution in [0.3, 0.4) is 0 Å². The monoisotopic (exact) mass is 329 g/mol. The van der Waals surface area contributed by atoms with E-state index in [1.165, 1.54) is 25.2 Å². The van der Waals surface area contributed by atoms with Gasteiger partial charge < -0.3 is 15.7 Å². The van der Waals surface area contributed by atoms with Crippen molar-refractivity contribution in [2.75, 3.05) is 19.0 Å². The molecule has 0 aliphatic heterocycles. The molecule has 1 amide bonds. The molecule has 3 N–H and O–H groups in total. The molecule has 126 valence electrons. The van der Waals surface area contributed by atoms with Crippen LogP contribution < -0.4 is 10.6 Å².